The lowest BCUT2D eigenvalue weighted by molar-refractivity contribution is -0.321. The topological polar surface area (TPSA) is 35.5 Å². The molecule has 0 unspecified atom stereocenters. The van der Waals surface area contributed by atoms with E-state index in [1.54, 1.807) is 0 Å². The van der Waals surface area contributed by atoms with E-state index >= 15 is 0 Å². The van der Waals surface area contributed by atoms with Crippen LogP contribution in [0.1, 0.15) is 33.6 Å². The van der Waals surface area contributed by atoms with Crippen LogP contribution in [0.3, 0.4) is 0 Å². The van der Waals surface area contributed by atoms with Crippen molar-refractivity contribution >= 4 is 5.97 Å². The van der Waals surface area contributed by atoms with Crippen molar-refractivity contribution in [3.05, 3.63) is 0 Å². The first kappa shape index (κ1) is 8.53. The quantitative estimate of drug-likeness (QED) is 0.453. The Morgan fingerprint density at radius 1 is 1.36 bits per heavy atom. The van der Waals surface area contributed by atoms with Crippen molar-refractivity contribution in [2.45, 2.75) is 39.2 Å². The zero-order valence-corrected chi connectivity index (χ0v) is 7.22. The van der Waals surface area contributed by atoms with E-state index in [4.69, 9.17) is 4.89 Å². The van der Waals surface area contributed by atoms with Gasteiger partial charge in [0.2, 0.25) is 0 Å². The molecule has 1 saturated carbocycles. The van der Waals surface area contributed by atoms with Gasteiger partial charge in [0, 0.05) is 0 Å². The Morgan fingerprint density at radius 2 is 1.91 bits per heavy atom. The Hall–Kier alpha value is -0.570. The molecule has 0 spiro atoms. The van der Waals surface area contributed by atoms with Crippen molar-refractivity contribution in [2.75, 3.05) is 0 Å². The van der Waals surface area contributed by atoms with Crippen LogP contribution in [0.25, 0.3) is 0 Å². The third kappa shape index (κ3) is 3.37. The molecule has 11 heavy (non-hydrogen) atoms. The maximum atomic E-state index is 10.9. The molecule has 0 atom stereocenters. The summed E-state index contributed by atoms with van der Waals surface area (Å²) in [7, 11) is 0. The fraction of sp³-hybridized carbons (Fsp3) is 0.875. The van der Waals surface area contributed by atoms with E-state index in [0.29, 0.717) is 0 Å². The van der Waals surface area contributed by atoms with Crippen LogP contribution in [-0.4, -0.2) is 11.6 Å². The molecule has 0 heterocycles. The van der Waals surface area contributed by atoms with Crippen molar-refractivity contribution in [1.82, 2.24) is 0 Å². The normalized spacial score (nSPS) is 18.1. The number of rotatable bonds is 2. The first-order chi connectivity index (χ1) is 4.99. The molecular formula is C8H14O3. The molecule has 0 aromatic carbocycles. The van der Waals surface area contributed by atoms with Gasteiger partial charge in [0.1, 0.15) is 5.60 Å². The van der Waals surface area contributed by atoms with E-state index in [1.807, 2.05) is 20.8 Å². The maximum absolute atomic E-state index is 10.9. The summed E-state index contributed by atoms with van der Waals surface area (Å²) in [6.45, 7) is 5.52. The minimum Gasteiger partial charge on any atom is -0.298 e. The standard InChI is InChI=1S/C8H14O3/c1-8(2,3)11-10-7(9)6-4-5-6/h6H,4-5H2,1-3H3. The van der Waals surface area contributed by atoms with Gasteiger partial charge < -0.3 is 0 Å². The molecule has 0 N–H and O–H groups in total. The molecule has 0 radical (unpaired) electrons. The van der Waals surface area contributed by atoms with Crippen LogP contribution in [0.4, 0.5) is 0 Å². The van der Waals surface area contributed by atoms with Crippen molar-refractivity contribution in [3.63, 3.8) is 0 Å². The van der Waals surface area contributed by atoms with E-state index in [1.165, 1.54) is 0 Å². The average molecular weight is 158 g/mol. The summed E-state index contributed by atoms with van der Waals surface area (Å²) in [5, 5.41) is 0. The molecule has 0 aliphatic heterocycles. The van der Waals surface area contributed by atoms with E-state index in [2.05, 4.69) is 4.89 Å². The van der Waals surface area contributed by atoms with Gasteiger partial charge in [-0.3, -0.25) is 4.89 Å². The third-order valence-electron chi connectivity index (χ3n) is 1.28. The second-order valence-corrected chi connectivity index (χ2v) is 3.87. The summed E-state index contributed by atoms with van der Waals surface area (Å²) in [4.78, 5) is 20.3. The smallest absolute Gasteiger partial charge is 0.298 e. The minimum absolute atomic E-state index is 0.109. The minimum atomic E-state index is -0.398. The highest BCUT2D eigenvalue weighted by Crippen LogP contribution is 2.30. The maximum Gasteiger partial charge on any atom is 0.345 e. The van der Waals surface area contributed by atoms with E-state index in [-0.39, 0.29) is 11.9 Å². The molecule has 1 fully saturated rings. The number of hydrogen-bond donors (Lipinski definition) is 0. The zero-order chi connectivity index (χ0) is 8.48. The lowest BCUT2D eigenvalue weighted by atomic mass is 10.2. The van der Waals surface area contributed by atoms with Gasteiger partial charge in [-0.1, -0.05) is 0 Å². The molecule has 1 aliphatic carbocycles. The highest BCUT2D eigenvalue weighted by Gasteiger charge is 2.33. The van der Waals surface area contributed by atoms with E-state index in [9.17, 15) is 4.79 Å². The fourth-order valence-electron chi connectivity index (χ4n) is 0.553. The molecule has 64 valence electrons. The Morgan fingerprint density at radius 3 is 2.27 bits per heavy atom. The van der Waals surface area contributed by atoms with Crippen molar-refractivity contribution in [1.29, 1.82) is 0 Å². The highest BCUT2D eigenvalue weighted by atomic mass is 17.2. The molecule has 0 saturated heterocycles. The zero-order valence-electron chi connectivity index (χ0n) is 7.22. The first-order valence-electron chi connectivity index (χ1n) is 3.88. The van der Waals surface area contributed by atoms with Crippen LogP contribution in [0.5, 0.6) is 0 Å². The van der Waals surface area contributed by atoms with Crippen molar-refractivity contribution in [3.8, 4) is 0 Å². The molecule has 1 rings (SSSR count). The van der Waals surface area contributed by atoms with Crippen LogP contribution in [0.15, 0.2) is 0 Å². The van der Waals surface area contributed by atoms with Crippen LogP contribution < -0.4 is 0 Å². The molecule has 3 nitrogen and oxygen atoms in total. The Kier molecular flexibility index (Phi) is 2.18. The molecular weight excluding hydrogens is 144 g/mol. The van der Waals surface area contributed by atoms with Crippen LogP contribution in [-0.2, 0) is 14.6 Å². The van der Waals surface area contributed by atoms with Crippen molar-refractivity contribution in [2.24, 2.45) is 5.92 Å². The molecule has 0 aromatic heterocycles. The van der Waals surface area contributed by atoms with E-state index in [0.717, 1.165) is 12.8 Å². The molecule has 0 bridgehead atoms. The van der Waals surface area contributed by atoms with Crippen LogP contribution in [0.2, 0.25) is 0 Å². The average Bonchev–Trinajstić information content (AvgIpc) is 2.61. The van der Waals surface area contributed by atoms with Gasteiger partial charge in [-0.25, -0.2) is 4.79 Å². The van der Waals surface area contributed by atoms with E-state index < -0.39 is 5.60 Å². The largest absolute Gasteiger partial charge is 0.345 e. The SMILES string of the molecule is CC(C)(C)OOC(=O)C1CC1. The van der Waals surface area contributed by atoms with Gasteiger partial charge in [-0.2, -0.15) is 4.89 Å². The monoisotopic (exact) mass is 158 g/mol. The second kappa shape index (κ2) is 2.81. The summed E-state index contributed by atoms with van der Waals surface area (Å²) in [5.74, 6) is -0.114. The number of carbonyl (C=O) groups excluding carboxylic acids is 1. The van der Waals surface area contributed by atoms with Gasteiger partial charge in [0.05, 0.1) is 5.92 Å². The predicted octanol–water partition coefficient (Wildman–Crippen LogP) is 1.67. The summed E-state index contributed by atoms with van der Waals surface area (Å²) >= 11 is 0. The summed E-state index contributed by atoms with van der Waals surface area (Å²) in [5.41, 5.74) is -0.398. The highest BCUT2D eigenvalue weighted by molar-refractivity contribution is 5.74. The fourth-order valence-corrected chi connectivity index (χ4v) is 0.553. The lowest BCUT2D eigenvalue weighted by Crippen LogP contribution is -2.22. The number of carbonyl (C=O) groups is 1. The second-order valence-electron chi connectivity index (χ2n) is 3.87. The van der Waals surface area contributed by atoms with Crippen molar-refractivity contribution < 1.29 is 14.6 Å². The lowest BCUT2D eigenvalue weighted by Gasteiger charge is -2.16. The Balaban J connectivity index is 2.16. The van der Waals surface area contributed by atoms with Gasteiger partial charge >= 0.3 is 5.97 Å². The number of hydrogen-bond acceptors (Lipinski definition) is 3. The molecule has 0 amide bonds. The summed E-state index contributed by atoms with van der Waals surface area (Å²) in [6, 6.07) is 0. The molecule has 0 aromatic rings. The molecule has 1 aliphatic rings. The van der Waals surface area contributed by atoms with Gasteiger partial charge in [-0.15, -0.1) is 0 Å². The summed E-state index contributed by atoms with van der Waals surface area (Å²) in [6.07, 6.45) is 1.90. The van der Waals surface area contributed by atoms with Gasteiger partial charge in [0.25, 0.3) is 0 Å². The predicted molar refractivity (Wildman–Crippen MR) is 39.7 cm³/mol. The van der Waals surface area contributed by atoms with Gasteiger partial charge in [0.15, 0.2) is 0 Å². The summed E-state index contributed by atoms with van der Waals surface area (Å²) < 4.78 is 0. The molecule has 3 heteroatoms. The Labute approximate surface area is 66.6 Å². The van der Waals surface area contributed by atoms with Gasteiger partial charge in [-0.05, 0) is 33.6 Å². The van der Waals surface area contributed by atoms with Crippen LogP contribution in [0, 0.1) is 5.92 Å². The first-order valence-corrected chi connectivity index (χ1v) is 3.88. The van der Waals surface area contributed by atoms with Crippen LogP contribution >= 0.6 is 0 Å². The Bertz CT molecular complexity index is 153. The third-order valence-corrected chi connectivity index (χ3v) is 1.28.